The van der Waals surface area contributed by atoms with E-state index in [1.54, 1.807) is 19.4 Å². The summed E-state index contributed by atoms with van der Waals surface area (Å²) in [5, 5.41) is 13.0. The van der Waals surface area contributed by atoms with Gasteiger partial charge in [0, 0.05) is 6.04 Å². The summed E-state index contributed by atoms with van der Waals surface area (Å²) in [4.78, 5) is 0. The molecule has 19 heavy (non-hydrogen) atoms. The lowest BCUT2D eigenvalue weighted by atomic mass is 10.1. The van der Waals surface area contributed by atoms with Gasteiger partial charge in [-0.15, -0.1) is 0 Å². The SMILES string of the molecule is COc1cc(C(C)NC(C)c2ccco2)ccc1O. The first-order chi connectivity index (χ1) is 9.11. The summed E-state index contributed by atoms with van der Waals surface area (Å²) in [5.74, 6) is 1.53. The van der Waals surface area contributed by atoms with Crippen molar-refractivity contribution in [1.82, 2.24) is 5.32 Å². The van der Waals surface area contributed by atoms with Crippen molar-refractivity contribution in [1.29, 1.82) is 0 Å². The van der Waals surface area contributed by atoms with Crippen LogP contribution in [0.25, 0.3) is 0 Å². The van der Waals surface area contributed by atoms with Crippen LogP contribution < -0.4 is 10.1 Å². The number of phenols is 1. The van der Waals surface area contributed by atoms with Crippen molar-refractivity contribution in [2.75, 3.05) is 7.11 Å². The molecular weight excluding hydrogens is 242 g/mol. The van der Waals surface area contributed by atoms with Crippen LogP contribution in [0, 0.1) is 0 Å². The van der Waals surface area contributed by atoms with Crippen molar-refractivity contribution < 1.29 is 14.3 Å². The lowest BCUT2D eigenvalue weighted by molar-refractivity contribution is 0.370. The number of aromatic hydroxyl groups is 1. The molecule has 0 spiro atoms. The smallest absolute Gasteiger partial charge is 0.160 e. The second-order valence-electron chi connectivity index (χ2n) is 4.56. The highest BCUT2D eigenvalue weighted by atomic mass is 16.5. The van der Waals surface area contributed by atoms with Gasteiger partial charge in [0.2, 0.25) is 0 Å². The Bertz CT molecular complexity index is 522. The fourth-order valence-electron chi connectivity index (χ4n) is 2.05. The molecule has 0 amide bonds. The lowest BCUT2D eigenvalue weighted by Crippen LogP contribution is -2.22. The van der Waals surface area contributed by atoms with Gasteiger partial charge in [0.1, 0.15) is 5.76 Å². The van der Waals surface area contributed by atoms with E-state index in [2.05, 4.69) is 12.2 Å². The third-order valence-corrected chi connectivity index (χ3v) is 3.17. The number of methoxy groups -OCH3 is 1. The molecule has 0 radical (unpaired) electrons. The molecule has 2 aromatic rings. The molecule has 2 N–H and O–H groups in total. The largest absolute Gasteiger partial charge is 0.504 e. The van der Waals surface area contributed by atoms with Gasteiger partial charge in [-0.1, -0.05) is 6.07 Å². The fourth-order valence-corrected chi connectivity index (χ4v) is 2.05. The van der Waals surface area contributed by atoms with Gasteiger partial charge in [-0.2, -0.15) is 0 Å². The van der Waals surface area contributed by atoms with Gasteiger partial charge in [0.25, 0.3) is 0 Å². The molecule has 4 heteroatoms. The number of benzene rings is 1. The number of rotatable bonds is 5. The van der Waals surface area contributed by atoms with Gasteiger partial charge in [0.05, 0.1) is 19.4 Å². The number of phenolic OH excluding ortho intramolecular Hbond substituents is 1. The van der Waals surface area contributed by atoms with Crippen molar-refractivity contribution in [2.24, 2.45) is 0 Å². The minimum atomic E-state index is 0.116. The quantitative estimate of drug-likeness (QED) is 0.866. The van der Waals surface area contributed by atoms with Crippen LogP contribution in [0.2, 0.25) is 0 Å². The van der Waals surface area contributed by atoms with Gasteiger partial charge in [-0.25, -0.2) is 0 Å². The molecule has 0 saturated heterocycles. The van der Waals surface area contributed by atoms with E-state index in [9.17, 15) is 5.11 Å². The Kier molecular flexibility index (Phi) is 4.12. The Hall–Kier alpha value is -1.94. The maximum Gasteiger partial charge on any atom is 0.160 e. The van der Waals surface area contributed by atoms with Gasteiger partial charge in [-0.05, 0) is 43.7 Å². The molecule has 0 aliphatic rings. The first-order valence-corrected chi connectivity index (χ1v) is 6.28. The first-order valence-electron chi connectivity index (χ1n) is 6.28. The number of nitrogens with one attached hydrogen (secondary N) is 1. The number of furan rings is 1. The van der Waals surface area contributed by atoms with Gasteiger partial charge in [0.15, 0.2) is 11.5 Å². The van der Waals surface area contributed by atoms with E-state index in [-0.39, 0.29) is 17.8 Å². The normalized spacial score (nSPS) is 14.1. The monoisotopic (exact) mass is 261 g/mol. The fraction of sp³-hybridized carbons (Fsp3) is 0.333. The Morgan fingerprint density at radius 3 is 2.63 bits per heavy atom. The average Bonchev–Trinajstić information content (AvgIpc) is 2.93. The molecule has 1 aromatic heterocycles. The standard InChI is InChI=1S/C15H19NO3/c1-10(16-11(2)14-5-4-8-19-14)12-6-7-13(17)15(9-12)18-3/h4-11,16-17H,1-3H3. The predicted molar refractivity (Wildman–Crippen MR) is 73.3 cm³/mol. The molecule has 1 heterocycles. The van der Waals surface area contributed by atoms with Crippen LogP contribution in [0.15, 0.2) is 41.0 Å². The summed E-state index contributed by atoms with van der Waals surface area (Å²) in [6.45, 7) is 4.11. The zero-order valence-corrected chi connectivity index (χ0v) is 11.4. The van der Waals surface area contributed by atoms with Gasteiger partial charge in [-0.3, -0.25) is 0 Å². The van der Waals surface area contributed by atoms with Crippen molar-refractivity contribution in [3.8, 4) is 11.5 Å². The Morgan fingerprint density at radius 2 is 2.00 bits per heavy atom. The zero-order chi connectivity index (χ0) is 13.8. The second-order valence-corrected chi connectivity index (χ2v) is 4.56. The Labute approximate surface area is 113 Å². The van der Waals surface area contributed by atoms with E-state index in [1.165, 1.54) is 0 Å². The highest BCUT2D eigenvalue weighted by molar-refractivity contribution is 5.42. The maximum absolute atomic E-state index is 9.59. The first kappa shape index (κ1) is 13.5. The molecule has 0 aliphatic heterocycles. The van der Waals surface area contributed by atoms with Crippen LogP contribution in [-0.2, 0) is 0 Å². The maximum atomic E-state index is 9.59. The van der Waals surface area contributed by atoms with E-state index in [4.69, 9.17) is 9.15 Å². The van der Waals surface area contributed by atoms with E-state index >= 15 is 0 Å². The minimum absolute atomic E-state index is 0.116. The summed E-state index contributed by atoms with van der Waals surface area (Å²) < 4.78 is 10.5. The summed E-state index contributed by atoms with van der Waals surface area (Å²) in [7, 11) is 1.54. The zero-order valence-electron chi connectivity index (χ0n) is 11.4. The van der Waals surface area contributed by atoms with Crippen LogP contribution in [0.1, 0.15) is 37.3 Å². The van der Waals surface area contributed by atoms with E-state index in [0.29, 0.717) is 5.75 Å². The number of ether oxygens (including phenoxy) is 1. The number of hydrogen-bond acceptors (Lipinski definition) is 4. The molecule has 102 valence electrons. The van der Waals surface area contributed by atoms with Crippen molar-refractivity contribution in [3.63, 3.8) is 0 Å². The third-order valence-electron chi connectivity index (χ3n) is 3.17. The molecule has 0 fully saturated rings. The lowest BCUT2D eigenvalue weighted by Gasteiger charge is -2.19. The van der Waals surface area contributed by atoms with Crippen molar-refractivity contribution in [2.45, 2.75) is 25.9 Å². The summed E-state index contributed by atoms with van der Waals surface area (Å²) in [6, 6.07) is 9.42. The molecule has 0 bridgehead atoms. The summed E-state index contributed by atoms with van der Waals surface area (Å²) in [6.07, 6.45) is 1.67. The summed E-state index contributed by atoms with van der Waals surface area (Å²) in [5.41, 5.74) is 1.05. The third kappa shape index (κ3) is 3.09. The molecule has 4 nitrogen and oxygen atoms in total. The molecule has 0 aliphatic carbocycles. The Morgan fingerprint density at radius 1 is 1.21 bits per heavy atom. The van der Waals surface area contributed by atoms with Crippen molar-refractivity contribution >= 4 is 0 Å². The Balaban J connectivity index is 2.09. The second kappa shape index (κ2) is 5.80. The topological polar surface area (TPSA) is 54.6 Å². The predicted octanol–water partition coefficient (Wildman–Crippen LogP) is 3.41. The van der Waals surface area contributed by atoms with E-state index in [1.807, 2.05) is 31.2 Å². The van der Waals surface area contributed by atoms with E-state index < -0.39 is 0 Å². The molecular formula is C15H19NO3. The van der Waals surface area contributed by atoms with Crippen LogP contribution in [-0.4, -0.2) is 12.2 Å². The van der Waals surface area contributed by atoms with Crippen LogP contribution in [0.5, 0.6) is 11.5 Å². The van der Waals surface area contributed by atoms with Crippen LogP contribution >= 0.6 is 0 Å². The number of hydrogen-bond donors (Lipinski definition) is 2. The highest BCUT2D eigenvalue weighted by Gasteiger charge is 2.14. The average molecular weight is 261 g/mol. The molecule has 0 saturated carbocycles. The highest BCUT2D eigenvalue weighted by Crippen LogP contribution is 2.29. The molecule has 2 rings (SSSR count). The van der Waals surface area contributed by atoms with E-state index in [0.717, 1.165) is 11.3 Å². The minimum Gasteiger partial charge on any atom is -0.504 e. The van der Waals surface area contributed by atoms with Crippen LogP contribution in [0.4, 0.5) is 0 Å². The molecule has 2 unspecified atom stereocenters. The van der Waals surface area contributed by atoms with Crippen molar-refractivity contribution in [3.05, 3.63) is 47.9 Å². The molecule has 1 aromatic carbocycles. The van der Waals surface area contributed by atoms with Crippen LogP contribution in [0.3, 0.4) is 0 Å². The van der Waals surface area contributed by atoms with Gasteiger partial charge >= 0.3 is 0 Å². The molecule has 2 atom stereocenters. The van der Waals surface area contributed by atoms with Gasteiger partial charge < -0.3 is 19.6 Å². The summed E-state index contributed by atoms with van der Waals surface area (Å²) >= 11 is 0.